The fraction of sp³-hybridized carbons (Fsp3) is 0.471. The summed E-state index contributed by atoms with van der Waals surface area (Å²) in [6.45, 7) is 4.16. The van der Waals surface area contributed by atoms with Gasteiger partial charge in [-0.1, -0.05) is 18.2 Å². The van der Waals surface area contributed by atoms with E-state index in [1.165, 1.54) is 5.56 Å². The molecule has 4 heteroatoms. The molecule has 0 spiro atoms. The first-order valence-corrected chi connectivity index (χ1v) is 7.42. The summed E-state index contributed by atoms with van der Waals surface area (Å²) in [5, 5.41) is 14.7. The number of benzene rings is 1. The number of nitrogens with zero attached hydrogens (tertiary/aromatic N) is 2. The lowest BCUT2D eigenvalue weighted by Gasteiger charge is -2.20. The van der Waals surface area contributed by atoms with Gasteiger partial charge in [0.2, 0.25) is 0 Å². The molecular weight excluding hydrogens is 264 g/mol. The average Bonchev–Trinajstić information content (AvgIpc) is 2.96. The largest absolute Gasteiger partial charge is 0.487 e. The van der Waals surface area contributed by atoms with Crippen LogP contribution in [0.3, 0.4) is 0 Å². The van der Waals surface area contributed by atoms with Gasteiger partial charge in [-0.25, -0.2) is 0 Å². The summed E-state index contributed by atoms with van der Waals surface area (Å²) in [6.07, 6.45) is 3.63. The number of para-hydroxylation sites is 1. The van der Waals surface area contributed by atoms with Crippen molar-refractivity contribution in [1.82, 2.24) is 9.78 Å². The lowest BCUT2D eigenvalue weighted by atomic mass is 9.97. The Kier molecular flexibility index (Phi) is 3.49. The van der Waals surface area contributed by atoms with Crippen LogP contribution in [-0.4, -0.2) is 20.5 Å². The third-order valence-corrected chi connectivity index (χ3v) is 4.08. The van der Waals surface area contributed by atoms with Crippen molar-refractivity contribution in [2.75, 3.05) is 0 Å². The van der Waals surface area contributed by atoms with E-state index in [-0.39, 0.29) is 5.60 Å². The van der Waals surface area contributed by atoms with Crippen LogP contribution in [0.2, 0.25) is 0 Å². The lowest BCUT2D eigenvalue weighted by molar-refractivity contribution is 0.124. The van der Waals surface area contributed by atoms with E-state index in [2.05, 4.69) is 25.0 Å². The van der Waals surface area contributed by atoms with Crippen LogP contribution in [0.5, 0.6) is 5.75 Å². The Bertz CT molecular complexity index is 646. The van der Waals surface area contributed by atoms with Crippen molar-refractivity contribution in [3.63, 3.8) is 0 Å². The maximum Gasteiger partial charge on any atom is 0.129 e. The molecule has 0 saturated carbocycles. The smallest absolute Gasteiger partial charge is 0.129 e. The molecule has 1 N–H and O–H groups in total. The van der Waals surface area contributed by atoms with E-state index in [0.717, 1.165) is 29.8 Å². The van der Waals surface area contributed by atoms with Crippen LogP contribution >= 0.6 is 0 Å². The first-order valence-electron chi connectivity index (χ1n) is 7.42. The number of aliphatic hydroxyl groups is 1. The Hall–Kier alpha value is -1.81. The topological polar surface area (TPSA) is 47.3 Å². The van der Waals surface area contributed by atoms with Crippen molar-refractivity contribution >= 4 is 0 Å². The number of ether oxygens (including phenoxy) is 1. The number of aryl methyl sites for hydroxylation is 2. The van der Waals surface area contributed by atoms with Gasteiger partial charge in [0.1, 0.15) is 11.4 Å². The first kappa shape index (κ1) is 14.1. The second kappa shape index (κ2) is 5.19. The van der Waals surface area contributed by atoms with Crippen LogP contribution < -0.4 is 4.74 Å². The number of rotatable bonds is 4. The monoisotopic (exact) mass is 286 g/mol. The zero-order valence-corrected chi connectivity index (χ0v) is 12.8. The summed E-state index contributed by atoms with van der Waals surface area (Å²) in [6, 6.07) is 8.05. The van der Waals surface area contributed by atoms with Gasteiger partial charge < -0.3 is 9.84 Å². The summed E-state index contributed by atoms with van der Waals surface area (Å²) < 4.78 is 7.88. The van der Waals surface area contributed by atoms with Crippen LogP contribution in [0.15, 0.2) is 30.5 Å². The van der Waals surface area contributed by atoms with Gasteiger partial charge in [0, 0.05) is 30.9 Å². The fourth-order valence-electron chi connectivity index (χ4n) is 2.99. The molecule has 1 unspecified atom stereocenters. The maximum atomic E-state index is 10.5. The van der Waals surface area contributed by atoms with E-state index in [1.807, 2.05) is 29.9 Å². The fourth-order valence-corrected chi connectivity index (χ4v) is 2.99. The van der Waals surface area contributed by atoms with Gasteiger partial charge >= 0.3 is 0 Å². The molecule has 21 heavy (non-hydrogen) atoms. The minimum absolute atomic E-state index is 0.180. The molecule has 1 aromatic heterocycles. The number of hydrogen-bond acceptors (Lipinski definition) is 3. The predicted molar refractivity (Wildman–Crippen MR) is 81.3 cm³/mol. The maximum absolute atomic E-state index is 10.5. The predicted octanol–water partition coefficient (Wildman–Crippen LogP) is 2.80. The summed E-state index contributed by atoms with van der Waals surface area (Å²) in [5.41, 5.74) is 3.04. The molecule has 0 radical (unpaired) electrons. The number of aromatic nitrogens is 2. The van der Waals surface area contributed by atoms with Crippen molar-refractivity contribution in [1.29, 1.82) is 0 Å². The van der Waals surface area contributed by atoms with Crippen molar-refractivity contribution in [2.45, 2.75) is 44.8 Å². The molecule has 1 atom stereocenters. The average molecular weight is 286 g/mol. The first-order chi connectivity index (χ1) is 9.96. The Labute approximate surface area is 125 Å². The SMILES string of the molecule is Cn1nccc1CCC(O)c1cccc2c1OC(C)(C)C2. The van der Waals surface area contributed by atoms with Gasteiger partial charge in [0.15, 0.2) is 0 Å². The van der Waals surface area contributed by atoms with Gasteiger partial charge in [-0.05, 0) is 38.3 Å². The summed E-state index contributed by atoms with van der Waals surface area (Å²) >= 11 is 0. The van der Waals surface area contributed by atoms with Crippen LogP contribution in [0, 0.1) is 0 Å². The third kappa shape index (κ3) is 2.81. The van der Waals surface area contributed by atoms with Crippen molar-refractivity contribution in [3.05, 3.63) is 47.3 Å². The molecule has 2 aromatic rings. The van der Waals surface area contributed by atoms with Crippen LogP contribution in [0.1, 0.15) is 43.2 Å². The molecule has 1 aromatic carbocycles. The highest BCUT2D eigenvalue weighted by Crippen LogP contribution is 2.40. The van der Waals surface area contributed by atoms with Crippen LogP contribution in [0.25, 0.3) is 0 Å². The van der Waals surface area contributed by atoms with E-state index < -0.39 is 6.10 Å². The molecule has 0 amide bonds. The number of hydrogen-bond donors (Lipinski definition) is 1. The van der Waals surface area contributed by atoms with Gasteiger partial charge in [-0.15, -0.1) is 0 Å². The summed E-state index contributed by atoms with van der Waals surface area (Å²) in [5.74, 6) is 0.875. The standard InChI is InChI=1S/C17H22N2O2/c1-17(2)11-12-5-4-6-14(16(12)21-17)15(20)8-7-13-9-10-18-19(13)3/h4-6,9-10,15,20H,7-8,11H2,1-3H3. The molecule has 0 saturated heterocycles. The number of aliphatic hydroxyl groups excluding tert-OH is 1. The highest BCUT2D eigenvalue weighted by molar-refractivity contribution is 5.46. The van der Waals surface area contributed by atoms with Crippen LogP contribution in [0.4, 0.5) is 0 Å². The van der Waals surface area contributed by atoms with Gasteiger partial charge in [0.05, 0.1) is 6.10 Å². The van der Waals surface area contributed by atoms with E-state index in [9.17, 15) is 5.11 Å². The number of fused-ring (bicyclic) bond motifs is 1. The molecule has 1 aliphatic rings. The van der Waals surface area contributed by atoms with Crippen molar-refractivity contribution in [3.8, 4) is 5.75 Å². The molecule has 4 nitrogen and oxygen atoms in total. The highest BCUT2D eigenvalue weighted by atomic mass is 16.5. The third-order valence-electron chi connectivity index (χ3n) is 4.08. The molecule has 0 bridgehead atoms. The second-order valence-electron chi connectivity index (χ2n) is 6.37. The van der Waals surface area contributed by atoms with E-state index in [1.54, 1.807) is 6.20 Å². The normalized spacial score (nSPS) is 17.3. The zero-order chi connectivity index (χ0) is 15.0. The second-order valence-corrected chi connectivity index (χ2v) is 6.37. The zero-order valence-electron chi connectivity index (χ0n) is 12.8. The Balaban J connectivity index is 1.76. The molecule has 2 heterocycles. The minimum atomic E-state index is -0.510. The summed E-state index contributed by atoms with van der Waals surface area (Å²) in [7, 11) is 1.92. The van der Waals surface area contributed by atoms with Gasteiger partial charge in [-0.3, -0.25) is 4.68 Å². The molecular formula is C17H22N2O2. The van der Waals surface area contributed by atoms with E-state index in [4.69, 9.17) is 4.74 Å². The Morgan fingerprint density at radius 2 is 2.19 bits per heavy atom. The van der Waals surface area contributed by atoms with Gasteiger partial charge in [0.25, 0.3) is 0 Å². The molecule has 0 aliphatic carbocycles. The molecule has 3 rings (SSSR count). The molecule has 1 aliphatic heterocycles. The van der Waals surface area contributed by atoms with E-state index >= 15 is 0 Å². The van der Waals surface area contributed by atoms with Crippen LogP contribution in [-0.2, 0) is 19.9 Å². The summed E-state index contributed by atoms with van der Waals surface area (Å²) in [4.78, 5) is 0. The van der Waals surface area contributed by atoms with E-state index in [0.29, 0.717) is 6.42 Å². The quantitative estimate of drug-likeness (QED) is 0.940. The Morgan fingerprint density at radius 1 is 1.38 bits per heavy atom. The molecule has 112 valence electrons. The van der Waals surface area contributed by atoms with Crippen molar-refractivity contribution < 1.29 is 9.84 Å². The lowest BCUT2D eigenvalue weighted by Crippen LogP contribution is -2.25. The molecule has 0 fully saturated rings. The minimum Gasteiger partial charge on any atom is -0.487 e. The van der Waals surface area contributed by atoms with Gasteiger partial charge in [-0.2, -0.15) is 5.10 Å². The highest BCUT2D eigenvalue weighted by Gasteiger charge is 2.32. The van der Waals surface area contributed by atoms with Crippen molar-refractivity contribution in [2.24, 2.45) is 7.05 Å². The Morgan fingerprint density at radius 3 is 2.90 bits per heavy atom.